The summed E-state index contributed by atoms with van der Waals surface area (Å²) in [6, 6.07) is 0. The summed E-state index contributed by atoms with van der Waals surface area (Å²) < 4.78 is 38.6. The lowest BCUT2D eigenvalue weighted by Gasteiger charge is -2.09. The molecule has 0 aliphatic heterocycles. The lowest BCUT2D eigenvalue weighted by Crippen LogP contribution is -2.22. The molecule has 0 unspecified atom stereocenters. The molecule has 0 aliphatic carbocycles. The third-order valence-corrected chi connectivity index (χ3v) is 1.53. The second kappa shape index (κ2) is 3.81. The number of ether oxygens (including phenoxy) is 1. The van der Waals surface area contributed by atoms with E-state index in [1.165, 1.54) is 0 Å². The molecule has 0 bridgehead atoms. The molecule has 0 radical (unpaired) electrons. The van der Waals surface area contributed by atoms with Gasteiger partial charge in [0.15, 0.2) is 11.5 Å². The topological polar surface area (TPSA) is 88.3 Å². The van der Waals surface area contributed by atoms with Gasteiger partial charge in [-0.25, -0.2) is 0 Å². The average molecular weight is 224 g/mol. The first kappa shape index (κ1) is 11.4. The van der Waals surface area contributed by atoms with E-state index in [9.17, 15) is 18.0 Å². The summed E-state index contributed by atoms with van der Waals surface area (Å²) in [4.78, 5) is 13.3. The number of nitrogens with one attached hydrogen (secondary N) is 1. The van der Waals surface area contributed by atoms with Crippen LogP contribution in [0.4, 0.5) is 13.2 Å². The van der Waals surface area contributed by atoms with E-state index in [0.29, 0.717) is 6.20 Å². The number of H-pyrrole nitrogens is 1. The van der Waals surface area contributed by atoms with Gasteiger partial charge in [0.2, 0.25) is 0 Å². The zero-order valence-electron chi connectivity index (χ0n) is 7.26. The smallest absolute Gasteiger partial charge is 0.503 e. The van der Waals surface area contributed by atoms with E-state index >= 15 is 0 Å². The van der Waals surface area contributed by atoms with Crippen LogP contribution in [-0.4, -0.2) is 16.5 Å². The Morgan fingerprint density at radius 3 is 2.60 bits per heavy atom. The van der Waals surface area contributed by atoms with Crippen molar-refractivity contribution in [3.05, 3.63) is 22.1 Å². The Kier molecular flexibility index (Phi) is 2.89. The molecule has 84 valence electrons. The summed E-state index contributed by atoms with van der Waals surface area (Å²) in [7, 11) is 0. The second-order valence-electron chi connectivity index (χ2n) is 2.56. The van der Waals surface area contributed by atoms with Gasteiger partial charge >= 0.3 is 6.36 Å². The molecule has 0 amide bonds. The Bertz CT molecular complexity index is 413. The standard InChI is InChI=1S/C7H7F3N2O3/c8-7(9,10)15-4-2-12-3(1-11)5(13)6(4)14/h2,13H,1,11H2,(H,12,14). The number of aromatic amines is 1. The minimum Gasteiger partial charge on any atom is -0.503 e. The average Bonchev–Trinajstić information content (AvgIpc) is 2.11. The van der Waals surface area contributed by atoms with Crippen LogP contribution in [0, 0.1) is 0 Å². The number of pyridine rings is 1. The first-order valence-electron chi connectivity index (χ1n) is 3.74. The van der Waals surface area contributed by atoms with Crippen LogP contribution in [0.1, 0.15) is 5.69 Å². The highest BCUT2D eigenvalue weighted by Gasteiger charge is 2.32. The first-order valence-corrected chi connectivity index (χ1v) is 3.74. The van der Waals surface area contributed by atoms with Gasteiger partial charge in [-0.1, -0.05) is 0 Å². The zero-order valence-corrected chi connectivity index (χ0v) is 7.26. The third kappa shape index (κ3) is 2.62. The fourth-order valence-corrected chi connectivity index (χ4v) is 0.896. The third-order valence-electron chi connectivity index (χ3n) is 1.53. The summed E-state index contributed by atoms with van der Waals surface area (Å²) in [6.07, 6.45) is -4.29. The van der Waals surface area contributed by atoms with E-state index < -0.39 is 23.3 Å². The number of hydrogen-bond donors (Lipinski definition) is 3. The molecule has 1 rings (SSSR count). The van der Waals surface area contributed by atoms with Crippen molar-refractivity contribution < 1.29 is 23.0 Å². The van der Waals surface area contributed by atoms with E-state index in [1.807, 2.05) is 0 Å². The Labute approximate surface area is 81.3 Å². The van der Waals surface area contributed by atoms with Crippen LogP contribution < -0.4 is 15.9 Å². The summed E-state index contributed by atoms with van der Waals surface area (Å²) in [5.74, 6) is -1.91. The van der Waals surface area contributed by atoms with Gasteiger partial charge in [0, 0.05) is 12.7 Å². The lowest BCUT2D eigenvalue weighted by atomic mass is 10.3. The maximum Gasteiger partial charge on any atom is 0.573 e. The predicted molar refractivity (Wildman–Crippen MR) is 43.3 cm³/mol. The maximum absolute atomic E-state index is 11.8. The van der Waals surface area contributed by atoms with Crippen molar-refractivity contribution in [2.45, 2.75) is 12.9 Å². The van der Waals surface area contributed by atoms with Crippen LogP contribution in [-0.2, 0) is 6.54 Å². The molecule has 1 heterocycles. The Morgan fingerprint density at radius 1 is 1.53 bits per heavy atom. The van der Waals surface area contributed by atoms with Gasteiger partial charge in [0.25, 0.3) is 5.43 Å². The van der Waals surface area contributed by atoms with Crippen molar-refractivity contribution in [3.63, 3.8) is 0 Å². The minimum absolute atomic E-state index is 0.0606. The van der Waals surface area contributed by atoms with Crippen molar-refractivity contribution >= 4 is 0 Å². The molecule has 0 aromatic carbocycles. The number of rotatable bonds is 2. The van der Waals surface area contributed by atoms with Gasteiger partial charge < -0.3 is 20.6 Å². The van der Waals surface area contributed by atoms with Crippen LogP contribution >= 0.6 is 0 Å². The van der Waals surface area contributed by atoms with E-state index in [2.05, 4.69) is 9.72 Å². The highest BCUT2D eigenvalue weighted by molar-refractivity contribution is 5.33. The van der Waals surface area contributed by atoms with E-state index in [0.717, 1.165) is 0 Å². The molecule has 0 saturated heterocycles. The van der Waals surface area contributed by atoms with Crippen LogP contribution in [0.25, 0.3) is 0 Å². The van der Waals surface area contributed by atoms with Crippen LogP contribution in [0.3, 0.4) is 0 Å². The van der Waals surface area contributed by atoms with Crippen LogP contribution in [0.2, 0.25) is 0 Å². The normalized spacial score (nSPS) is 11.5. The quantitative estimate of drug-likeness (QED) is 0.680. The number of hydrogen-bond acceptors (Lipinski definition) is 4. The van der Waals surface area contributed by atoms with Crippen molar-refractivity contribution in [2.75, 3.05) is 0 Å². The summed E-state index contributed by atoms with van der Waals surface area (Å²) in [5, 5.41) is 9.10. The number of alkyl halides is 3. The molecule has 15 heavy (non-hydrogen) atoms. The monoisotopic (exact) mass is 224 g/mol. The minimum atomic E-state index is -4.98. The lowest BCUT2D eigenvalue weighted by molar-refractivity contribution is -0.275. The van der Waals surface area contributed by atoms with Crippen molar-refractivity contribution in [2.24, 2.45) is 5.73 Å². The van der Waals surface area contributed by atoms with Crippen molar-refractivity contribution in [3.8, 4) is 11.5 Å². The van der Waals surface area contributed by atoms with Crippen molar-refractivity contribution in [1.82, 2.24) is 4.98 Å². The van der Waals surface area contributed by atoms with E-state index in [4.69, 9.17) is 10.8 Å². The highest BCUT2D eigenvalue weighted by Crippen LogP contribution is 2.21. The number of halogens is 3. The van der Waals surface area contributed by atoms with Gasteiger partial charge in [-0.05, 0) is 0 Å². The molecule has 0 aliphatic rings. The molecule has 4 N–H and O–H groups in total. The molecule has 8 heteroatoms. The van der Waals surface area contributed by atoms with E-state index in [-0.39, 0.29) is 12.2 Å². The molecule has 0 fully saturated rings. The van der Waals surface area contributed by atoms with Gasteiger partial charge in [0.05, 0.1) is 5.69 Å². The zero-order chi connectivity index (χ0) is 11.6. The molecule has 1 aromatic rings. The first-order chi connectivity index (χ1) is 6.85. The molecule has 5 nitrogen and oxygen atoms in total. The molecule has 0 spiro atoms. The molecular weight excluding hydrogens is 217 g/mol. The molecule has 0 saturated carbocycles. The fraction of sp³-hybridized carbons (Fsp3) is 0.286. The predicted octanol–water partition coefficient (Wildman–Crippen LogP) is 0.438. The Hall–Kier alpha value is -1.70. The number of aromatic hydroxyl groups is 1. The number of nitrogens with two attached hydrogens (primary N) is 1. The maximum atomic E-state index is 11.8. The van der Waals surface area contributed by atoms with Crippen LogP contribution in [0.15, 0.2) is 11.0 Å². The highest BCUT2D eigenvalue weighted by atomic mass is 19.4. The number of aromatic nitrogens is 1. The largest absolute Gasteiger partial charge is 0.573 e. The summed E-state index contributed by atoms with van der Waals surface area (Å²) >= 11 is 0. The van der Waals surface area contributed by atoms with Crippen LogP contribution in [0.5, 0.6) is 11.5 Å². The molecular formula is C7H7F3N2O3. The van der Waals surface area contributed by atoms with E-state index in [1.54, 1.807) is 0 Å². The summed E-state index contributed by atoms with van der Waals surface area (Å²) in [5.41, 5.74) is 3.79. The van der Waals surface area contributed by atoms with Crippen molar-refractivity contribution in [1.29, 1.82) is 0 Å². The van der Waals surface area contributed by atoms with Gasteiger partial charge in [-0.2, -0.15) is 0 Å². The fourth-order valence-electron chi connectivity index (χ4n) is 0.896. The van der Waals surface area contributed by atoms with Gasteiger partial charge in [-0.3, -0.25) is 4.79 Å². The van der Waals surface area contributed by atoms with Gasteiger partial charge in [0.1, 0.15) is 0 Å². The Morgan fingerprint density at radius 2 is 2.13 bits per heavy atom. The Balaban J connectivity index is 3.13. The SMILES string of the molecule is NCc1[nH]cc(OC(F)(F)F)c(=O)c1O. The summed E-state index contributed by atoms with van der Waals surface area (Å²) in [6.45, 7) is -0.201. The second-order valence-corrected chi connectivity index (χ2v) is 2.56. The molecule has 0 atom stereocenters. The molecule has 1 aromatic heterocycles. The van der Waals surface area contributed by atoms with Gasteiger partial charge in [-0.15, -0.1) is 13.2 Å².